The van der Waals surface area contributed by atoms with E-state index < -0.39 is 5.60 Å². The highest BCUT2D eigenvalue weighted by Crippen LogP contribution is 2.18. The van der Waals surface area contributed by atoms with Crippen molar-refractivity contribution in [2.75, 3.05) is 33.3 Å². The molecular formula is C17H32N2O4. The Morgan fingerprint density at radius 3 is 2.35 bits per heavy atom. The zero-order chi connectivity index (χ0) is 17.5. The third-order valence-corrected chi connectivity index (χ3v) is 3.94. The zero-order valence-electron chi connectivity index (χ0n) is 15.3. The topological polar surface area (TPSA) is 59.1 Å². The first-order chi connectivity index (χ1) is 10.7. The lowest BCUT2D eigenvalue weighted by molar-refractivity contribution is -0.143. The fourth-order valence-electron chi connectivity index (χ4n) is 2.70. The zero-order valence-corrected chi connectivity index (χ0v) is 15.3. The van der Waals surface area contributed by atoms with Crippen LogP contribution in [0.3, 0.4) is 0 Å². The van der Waals surface area contributed by atoms with E-state index in [1.807, 2.05) is 27.7 Å². The van der Waals surface area contributed by atoms with Crippen molar-refractivity contribution in [3.8, 4) is 0 Å². The van der Waals surface area contributed by atoms with E-state index in [-0.39, 0.29) is 12.1 Å². The van der Waals surface area contributed by atoms with Gasteiger partial charge in [0.05, 0.1) is 6.61 Å². The minimum absolute atomic E-state index is 0.124. The van der Waals surface area contributed by atoms with Gasteiger partial charge < -0.3 is 19.3 Å². The summed E-state index contributed by atoms with van der Waals surface area (Å²) in [6.45, 7) is 10.2. The number of ether oxygens (including phenoxy) is 2. The molecule has 1 aliphatic rings. The molecule has 0 spiro atoms. The molecule has 0 N–H and O–H groups in total. The molecule has 134 valence electrons. The predicted octanol–water partition coefficient (Wildman–Crippen LogP) is 2.66. The third-order valence-electron chi connectivity index (χ3n) is 3.94. The van der Waals surface area contributed by atoms with Gasteiger partial charge in [0, 0.05) is 25.6 Å². The van der Waals surface area contributed by atoms with Gasteiger partial charge in [0.1, 0.15) is 5.60 Å². The summed E-state index contributed by atoms with van der Waals surface area (Å²) in [5.41, 5.74) is -0.447. The summed E-state index contributed by atoms with van der Waals surface area (Å²) < 4.78 is 10.3. The van der Waals surface area contributed by atoms with Gasteiger partial charge in [-0.2, -0.15) is 0 Å². The van der Waals surface area contributed by atoms with Gasteiger partial charge in [-0.15, -0.1) is 0 Å². The van der Waals surface area contributed by atoms with Crippen LogP contribution < -0.4 is 0 Å². The van der Waals surface area contributed by atoms with Crippen molar-refractivity contribution >= 4 is 12.1 Å². The molecular weight excluding hydrogens is 296 g/mol. The van der Waals surface area contributed by atoms with Gasteiger partial charge >= 0.3 is 12.1 Å². The highest BCUT2D eigenvalue weighted by atomic mass is 16.6. The summed E-state index contributed by atoms with van der Waals surface area (Å²) in [4.78, 5) is 27.4. The Morgan fingerprint density at radius 2 is 1.83 bits per heavy atom. The van der Waals surface area contributed by atoms with Gasteiger partial charge in [-0.25, -0.2) is 4.79 Å². The Morgan fingerprint density at radius 1 is 1.22 bits per heavy atom. The SMILES string of the molecule is CCOC(=O)CCCN(C)C1CCN(C(=O)OC(C)(C)C)CC1. The molecule has 0 unspecified atom stereocenters. The molecule has 0 aromatic carbocycles. The van der Waals surface area contributed by atoms with Crippen molar-refractivity contribution in [3.05, 3.63) is 0 Å². The molecule has 1 amide bonds. The Kier molecular flexibility index (Phi) is 7.82. The van der Waals surface area contributed by atoms with E-state index >= 15 is 0 Å². The number of hydrogen-bond donors (Lipinski definition) is 0. The first kappa shape index (κ1) is 19.7. The summed E-state index contributed by atoms with van der Waals surface area (Å²) in [7, 11) is 2.08. The van der Waals surface area contributed by atoms with Crippen molar-refractivity contribution in [3.63, 3.8) is 0 Å². The van der Waals surface area contributed by atoms with Crippen LogP contribution in [0.4, 0.5) is 4.79 Å². The number of carbonyl (C=O) groups excluding carboxylic acids is 2. The fraction of sp³-hybridized carbons (Fsp3) is 0.882. The van der Waals surface area contributed by atoms with Crippen LogP contribution in [-0.4, -0.2) is 66.8 Å². The summed E-state index contributed by atoms with van der Waals surface area (Å²) in [5.74, 6) is -0.124. The maximum absolute atomic E-state index is 12.0. The minimum Gasteiger partial charge on any atom is -0.466 e. The Bertz CT molecular complexity index is 385. The molecule has 23 heavy (non-hydrogen) atoms. The van der Waals surface area contributed by atoms with Crippen molar-refractivity contribution in [2.45, 2.75) is 65.0 Å². The van der Waals surface area contributed by atoms with E-state index in [0.717, 1.165) is 38.9 Å². The average Bonchev–Trinajstić information content (AvgIpc) is 2.46. The van der Waals surface area contributed by atoms with Crippen molar-refractivity contribution < 1.29 is 19.1 Å². The predicted molar refractivity (Wildman–Crippen MR) is 89.3 cm³/mol. The molecule has 0 aromatic heterocycles. The molecule has 0 bridgehead atoms. The van der Waals surface area contributed by atoms with Gasteiger partial charge in [-0.3, -0.25) is 4.79 Å². The molecule has 0 saturated carbocycles. The smallest absolute Gasteiger partial charge is 0.410 e. The number of esters is 1. The monoisotopic (exact) mass is 328 g/mol. The van der Waals surface area contributed by atoms with Crippen molar-refractivity contribution in [2.24, 2.45) is 0 Å². The second kappa shape index (κ2) is 9.11. The maximum atomic E-state index is 12.0. The van der Waals surface area contributed by atoms with E-state index in [0.29, 0.717) is 19.1 Å². The number of carbonyl (C=O) groups is 2. The number of likely N-dealkylation sites (tertiary alicyclic amines) is 1. The number of rotatable bonds is 6. The third kappa shape index (κ3) is 7.68. The van der Waals surface area contributed by atoms with Crippen molar-refractivity contribution in [1.82, 2.24) is 9.80 Å². The van der Waals surface area contributed by atoms with Gasteiger partial charge in [0.25, 0.3) is 0 Å². The van der Waals surface area contributed by atoms with Gasteiger partial charge in [-0.1, -0.05) is 0 Å². The quantitative estimate of drug-likeness (QED) is 0.702. The van der Waals surface area contributed by atoms with Crippen LogP contribution in [0.5, 0.6) is 0 Å². The number of hydrogen-bond acceptors (Lipinski definition) is 5. The minimum atomic E-state index is -0.447. The van der Waals surface area contributed by atoms with Crippen molar-refractivity contribution in [1.29, 1.82) is 0 Å². The van der Waals surface area contributed by atoms with E-state index in [4.69, 9.17) is 9.47 Å². The summed E-state index contributed by atoms with van der Waals surface area (Å²) in [5, 5.41) is 0. The molecule has 0 radical (unpaired) electrons. The summed E-state index contributed by atoms with van der Waals surface area (Å²) >= 11 is 0. The van der Waals surface area contributed by atoms with Crippen LogP contribution in [-0.2, 0) is 14.3 Å². The number of nitrogens with zero attached hydrogens (tertiary/aromatic N) is 2. The van der Waals surface area contributed by atoms with Crippen LogP contribution in [0.15, 0.2) is 0 Å². The van der Waals surface area contributed by atoms with E-state index in [1.165, 1.54) is 0 Å². The van der Waals surface area contributed by atoms with Crippen LogP contribution in [0.2, 0.25) is 0 Å². The lowest BCUT2D eigenvalue weighted by Crippen LogP contribution is -2.47. The molecule has 0 aromatic rings. The normalized spacial score (nSPS) is 16.5. The number of piperidine rings is 1. The molecule has 6 nitrogen and oxygen atoms in total. The molecule has 1 rings (SSSR count). The van der Waals surface area contributed by atoms with Crippen LogP contribution in [0.25, 0.3) is 0 Å². The Balaban J connectivity index is 2.27. The standard InChI is InChI=1S/C17H32N2O4/c1-6-22-15(20)8-7-11-18(5)14-9-12-19(13-10-14)16(21)23-17(2,3)4/h14H,6-13H2,1-5H3. The molecule has 0 atom stereocenters. The van der Waals surface area contributed by atoms with Gasteiger partial charge in [0.15, 0.2) is 0 Å². The van der Waals surface area contributed by atoms with E-state index in [9.17, 15) is 9.59 Å². The Labute approximate surface area is 140 Å². The molecule has 6 heteroatoms. The van der Waals surface area contributed by atoms with Crippen LogP contribution in [0, 0.1) is 0 Å². The van der Waals surface area contributed by atoms with E-state index in [1.54, 1.807) is 4.90 Å². The second-order valence-electron chi connectivity index (χ2n) is 7.09. The molecule has 0 aliphatic carbocycles. The molecule has 1 fully saturated rings. The largest absolute Gasteiger partial charge is 0.466 e. The van der Waals surface area contributed by atoms with Crippen LogP contribution in [0.1, 0.15) is 53.4 Å². The molecule has 1 saturated heterocycles. The summed E-state index contributed by atoms with van der Waals surface area (Å²) in [6, 6.07) is 0.455. The maximum Gasteiger partial charge on any atom is 0.410 e. The van der Waals surface area contributed by atoms with E-state index in [2.05, 4.69) is 11.9 Å². The highest BCUT2D eigenvalue weighted by molar-refractivity contribution is 5.69. The number of amides is 1. The molecule has 1 aliphatic heterocycles. The second-order valence-corrected chi connectivity index (χ2v) is 7.09. The van der Waals surface area contributed by atoms with Gasteiger partial charge in [-0.05, 0) is 60.5 Å². The first-order valence-corrected chi connectivity index (χ1v) is 8.56. The molecule has 1 heterocycles. The van der Waals surface area contributed by atoms with Gasteiger partial charge in [0.2, 0.25) is 0 Å². The fourth-order valence-corrected chi connectivity index (χ4v) is 2.70. The summed E-state index contributed by atoms with van der Waals surface area (Å²) in [6.07, 6.45) is 2.93. The average molecular weight is 328 g/mol. The first-order valence-electron chi connectivity index (χ1n) is 8.56. The lowest BCUT2D eigenvalue weighted by Gasteiger charge is -2.37. The Hall–Kier alpha value is -1.30. The van der Waals surface area contributed by atoms with Crippen LogP contribution >= 0.6 is 0 Å². The highest BCUT2D eigenvalue weighted by Gasteiger charge is 2.28. The lowest BCUT2D eigenvalue weighted by atomic mass is 10.0.